The zero-order chi connectivity index (χ0) is 16.7. The lowest BCUT2D eigenvalue weighted by Gasteiger charge is -2.26. The number of hydroxylamine groups is 1. The third-order valence-corrected chi connectivity index (χ3v) is 5.50. The SMILES string of the molecule is CCN1CCn2cc([C@H]3[C@H](C(=O)NO)[C@@H]3c3ccccc3)cc2C1. The van der Waals surface area contributed by atoms with Crippen molar-refractivity contribution in [2.75, 3.05) is 13.1 Å². The quantitative estimate of drug-likeness (QED) is 0.670. The number of rotatable bonds is 4. The number of likely N-dealkylation sites (N-methyl/N-ethyl adjacent to an activating group) is 1. The minimum Gasteiger partial charge on any atom is -0.349 e. The lowest BCUT2D eigenvalue weighted by molar-refractivity contribution is -0.130. The second kappa shape index (κ2) is 6.07. The van der Waals surface area contributed by atoms with E-state index < -0.39 is 0 Å². The number of carbonyl (C=O) groups excluding carboxylic acids is 1. The molecule has 1 aliphatic heterocycles. The molecule has 1 aromatic heterocycles. The lowest BCUT2D eigenvalue weighted by Crippen LogP contribution is -2.32. The van der Waals surface area contributed by atoms with Crippen molar-refractivity contribution in [3.63, 3.8) is 0 Å². The third kappa shape index (κ3) is 2.54. The molecule has 2 heterocycles. The van der Waals surface area contributed by atoms with Crippen LogP contribution in [-0.4, -0.2) is 33.7 Å². The summed E-state index contributed by atoms with van der Waals surface area (Å²) in [5.74, 6) is -0.185. The Kier molecular flexibility index (Phi) is 3.90. The van der Waals surface area contributed by atoms with Crippen LogP contribution in [0.1, 0.15) is 35.6 Å². The molecule has 0 bridgehead atoms. The first-order valence-corrected chi connectivity index (χ1v) is 8.63. The Morgan fingerprint density at radius 3 is 2.67 bits per heavy atom. The molecule has 0 radical (unpaired) electrons. The zero-order valence-corrected chi connectivity index (χ0v) is 13.9. The van der Waals surface area contributed by atoms with Crippen molar-refractivity contribution in [3.8, 4) is 0 Å². The van der Waals surface area contributed by atoms with Gasteiger partial charge in [-0.2, -0.15) is 0 Å². The summed E-state index contributed by atoms with van der Waals surface area (Å²) >= 11 is 0. The Morgan fingerprint density at radius 1 is 1.21 bits per heavy atom. The van der Waals surface area contributed by atoms with Crippen molar-refractivity contribution in [1.82, 2.24) is 14.9 Å². The van der Waals surface area contributed by atoms with Crippen LogP contribution in [-0.2, 0) is 17.9 Å². The molecular weight excluding hydrogens is 302 g/mol. The first-order valence-electron chi connectivity index (χ1n) is 8.63. The molecule has 1 aromatic carbocycles. The van der Waals surface area contributed by atoms with Crippen LogP contribution in [0.2, 0.25) is 0 Å². The third-order valence-electron chi connectivity index (χ3n) is 5.50. The van der Waals surface area contributed by atoms with E-state index in [0.29, 0.717) is 0 Å². The summed E-state index contributed by atoms with van der Waals surface area (Å²) in [6.07, 6.45) is 2.20. The molecule has 0 unspecified atom stereocenters. The van der Waals surface area contributed by atoms with Gasteiger partial charge in [0.1, 0.15) is 0 Å². The monoisotopic (exact) mass is 325 g/mol. The van der Waals surface area contributed by atoms with Gasteiger partial charge in [0.2, 0.25) is 5.91 Å². The Labute approximate surface area is 141 Å². The normalized spacial score (nSPS) is 26.0. The first-order chi connectivity index (χ1) is 11.7. The maximum atomic E-state index is 12.1. The van der Waals surface area contributed by atoms with E-state index in [-0.39, 0.29) is 23.7 Å². The van der Waals surface area contributed by atoms with Gasteiger partial charge in [-0.15, -0.1) is 0 Å². The molecule has 0 saturated heterocycles. The van der Waals surface area contributed by atoms with E-state index in [4.69, 9.17) is 5.21 Å². The van der Waals surface area contributed by atoms with Crippen LogP contribution in [0.5, 0.6) is 0 Å². The Morgan fingerprint density at radius 2 is 1.96 bits per heavy atom. The number of nitrogens with one attached hydrogen (secondary N) is 1. The number of carbonyl (C=O) groups is 1. The van der Waals surface area contributed by atoms with E-state index in [0.717, 1.165) is 31.7 Å². The summed E-state index contributed by atoms with van der Waals surface area (Å²) < 4.78 is 2.32. The van der Waals surface area contributed by atoms with Gasteiger partial charge in [0.15, 0.2) is 0 Å². The van der Waals surface area contributed by atoms with Crippen LogP contribution >= 0.6 is 0 Å². The summed E-state index contributed by atoms with van der Waals surface area (Å²) in [5, 5.41) is 9.09. The Hall–Kier alpha value is -2.11. The Bertz CT molecular complexity index is 740. The van der Waals surface area contributed by atoms with Gasteiger partial charge in [-0.1, -0.05) is 37.3 Å². The number of nitrogens with zero attached hydrogens (tertiary/aromatic N) is 2. The highest BCUT2D eigenvalue weighted by Gasteiger charge is 2.56. The molecule has 126 valence electrons. The van der Waals surface area contributed by atoms with Gasteiger partial charge in [-0.25, -0.2) is 5.48 Å². The molecule has 5 heteroatoms. The molecule has 1 fully saturated rings. The van der Waals surface area contributed by atoms with E-state index in [1.54, 1.807) is 0 Å². The maximum absolute atomic E-state index is 12.1. The number of hydrogen-bond acceptors (Lipinski definition) is 3. The molecule has 1 saturated carbocycles. The van der Waals surface area contributed by atoms with E-state index >= 15 is 0 Å². The zero-order valence-electron chi connectivity index (χ0n) is 13.9. The second-order valence-electron chi connectivity index (χ2n) is 6.79. The van der Waals surface area contributed by atoms with E-state index in [2.05, 4.69) is 40.8 Å². The van der Waals surface area contributed by atoms with Gasteiger partial charge >= 0.3 is 0 Å². The highest BCUT2D eigenvalue weighted by atomic mass is 16.5. The standard InChI is InChI=1S/C19H23N3O2/c1-2-21-8-9-22-11-14(10-15(22)12-21)17-16(18(17)19(23)20-24)13-6-4-3-5-7-13/h3-7,10-11,16-18,24H,2,8-9,12H2,1H3,(H,20,23)/t16-,17-,18-/m1/s1. The van der Waals surface area contributed by atoms with E-state index in [1.165, 1.54) is 11.3 Å². The fraction of sp³-hybridized carbons (Fsp3) is 0.421. The fourth-order valence-corrected chi connectivity index (χ4v) is 4.15. The first kappa shape index (κ1) is 15.4. The number of amides is 1. The van der Waals surface area contributed by atoms with Crippen LogP contribution in [0.3, 0.4) is 0 Å². The smallest absolute Gasteiger partial charge is 0.247 e. The van der Waals surface area contributed by atoms with Gasteiger partial charge in [0.25, 0.3) is 0 Å². The lowest BCUT2D eigenvalue weighted by atomic mass is 10.1. The Balaban J connectivity index is 1.63. The summed E-state index contributed by atoms with van der Waals surface area (Å²) in [4.78, 5) is 14.5. The van der Waals surface area contributed by atoms with Crippen LogP contribution < -0.4 is 5.48 Å². The number of fused-ring (bicyclic) bond motifs is 1. The maximum Gasteiger partial charge on any atom is 0.247 e. The predicted molar refractivity (Wildman–Crippen MR) is 90.7 cm³/mol. The molecular formula is C19H23N3O2. The molecule has 24 heavy (non-hydrogen) atoms. The predicted octanol–water partition coefficient (Wildman–Crippen LogP) is 2.33. The van der Waals surface area contributed by atoms with Crippen LogP contribution in [0.4, 0.5) is 0 Å². The van der Waals surface area contributed by atoms with Crippen LogP contribution in [0.25, 0.3) is 0 Å². The van der Waals surface area contributed by atoms with E-state index in [1.807, 2.05) is 23.7 Å². The molecule has 5 nitrogen and oxygen atoms in total. The number of hydrogen-bond donors (Lipinski definition) is 2. The molecule has 1 aliphatic carbocycles. The topological polar surface area (TPSA) is 57.5 Å². The second-order valence-corrected chi connectivity index (χ2v) is 6.79. The van der Waals surface area contributed by atoms with Gasteiger partial charge in [0.05, 0.1) is 5.92 Å². The van der Waals surface area contributed by atoms with Crippen molar-refractivity contribution in [3.05, 3.63) is 59.4 Å². The molecule has 1 amide bonds. The summed E-state index contributed by atoms with van der Waals surface area (Å²) in [5.41, 5.74) is 5.55. The molecule has 2 aliphatic rings. The van der Waals surface area contributed by atoms with Crippen molar-refractivity contribution >= 4 is 5.91 Å². The minimum absolute atomic E-state index is 0.144. The van der Waals surface area contributed by atoms with Gasteiger partial charge < -0.3 is 4.57 Å². The molecule has 3 atom stereocenters. The minimum atomic E-state index is -0.284. The molecule has 2 aromatic rings. The average Bonchev–Trinajstić information content (AvgIpc) is 3.24. The van der Waals surface area contributed by atoms with Gasteiger partial charge in [-0.3, -0.25) is 14.9 Å². The summed E-state index contributed by atoms with van der Waals surface area (Å²) in [6, 6.07) is 12.4. The van der Waals surface area contributed by atoms with Crippen molar-refractivity contribution in [1.29, 1.82) is 0 Å². The van der Waals surface area contributed by atoms with Crippen molar-refractivity contribution in [2.24, 2.45) is 5.92 Å². The largest absolute Gasteiger partial charge is 0.349 e. The molecule has 0 spiro atoms. The number of aromatic nitrogens is 1. The molecule has 4 rings (SSSR count). The van der Waals surface area contributed by atoms with Crippen LogP contribution in [0.15, 0.2) is 42.6 Å². The highest BCUT2D eigenvalue weighted by Crippen LogP contribution is 2.60. The summed E-state index contributed by atoms with van der Waals surface area (Å²) in [6.45, 7) is 6.30. The average molecular weight is 325 g/mol. The van der Waals surface area contributed by atoms with E-state index in [9.17, 15) is 4.79 Å². The number of benzene rings is 1. The van der Waals surface area contributed by atoms with Gasteiger partial charge in [-0.05, 0) is 23.7 Å². The molecule has 2 N–H and O–H groups in total. The fourth-order valence-electron chi connectivity index (χ4n) is 4.15. The van der Waals surface area contributed by atoms with Crippen LogP contribution in [0, 0.1) is 5.92 Å². The van der Waals surface area contributed by atoms with Crippen molar-refractivity contribution < 1.29 is 10.0 Å². The highest BCUT2D eigenvalue weighted by molar-refractivity contribution is 5.84. The summed E-state index contributed by atoms with van der Waals surface area (Å²) in [7, 11) is 0. The van der Waals surface area contributed by atoms with Crippen molar-refractivity contribution in [2.45, 2.75) is 31.8 Å². The van der Waals surface area contributed by atoms with Gasteiger partial charge in [0, 0.05) is 43.4 Å².